The Morgan fingerprint density at radius 1 is 1.45 bits per heavy atom. The van der Waals surface area contributed by atoms with Crippen molar-refractivity contribution in [1.29, 1.82) is 0 Å². The molecule has 0 aromatic carbocycles. The molecule has 0 atom stereocenters. The van der Waals surface area contributed by atoms with E-state index in [0.717, 1.165) is 0 Å². The summed E-state index contributed by atoms with van der Waals surface area (Å²) in [5.41, 5.74) is 0.0464. The molecule has 3 N–H and O–H groups in total. The van der Waals surface area contributed by atoms with Crippen LogP contribution in [0.4, 0.5) is 0 Å². The Hall–Kier alpha value is -0.960. The van der Waals surface area contributed by atoms with Gasteiger partial charge in [0.2, 0.25) is 0 Å². The Morgan fingerprint density at radius 2 is 2.10 bits per heavy atom. The lowest BCUT2D eigenvalue weighted by Crippen LogP contribution is -2.40. The first-order valence-electron chi connectivity index (χ1n) is 6.48. The summed E-state index contributed by atoms with van der Waals surface area (Å²) in [4.78, 5) is 0. The highest BCUT2D eigenvalue weighted by molar-refractivity contribution is 7.89. The van der Waals surface area contributed by atoms with Crippen LogP contribution in [0.1, 0.15) is 33.3 Å². The van der Waals surface area contributed by atoms with Gasteiger partial charge in [0.1, 0.15) is 0 Å². The summed E-state index contributed by atoms with van der Waals surface area (Å²) in [7, 11) is -2.08. The molecule has 0 fully saturated rings. The smallest absolute Gasteiger partial charge is 0.257 e. The molecule has 1 aromatic heterocycles. The van der Waals surface area contributed by atoms with Crippen molar-refractivity contribution >= 4 is 10.0 Å². The molecule has 0 unspecified atom stereocenters. The van der Waals surface area contributed by atoms with Crippen LogP contribution in [-0.4, -0.2) is 43.9 Å². The van der Waals surface area contributed by atoms with Crippen molar-refractivity contribution in [3.8, 4) is 0 Å². The lowest BCUT2D eigenvalue weighted by atomic mass is 10.1. The molecule has 0 saturated carbocycles. The third-order valence-electron chi connectivity index (χ3n) is 2.89. The highest BCUT2D eigenvalue weighted by Gasteiger charge is 2.25. The summed E-state index contributed by atoms with van der Waals surface area (Å²) in [5.74, 6) is 0. The van der Waals surface area contributed by atoms with E-state index in [1.165, 1.54) is 6.20 Å². The SMILES string of the molecule is COC(C)(C)CNS(=O)(=O)c1[nH]ncc1CNC(C)C. The van der Waals surface area contributed by atoms with Gasteiger partial charge in [0.15, 0.2) is 5.03 Å². The largest absolute Gasteiger partial charge is 0.377 e. The second-order valence-corrected chi connectivity index (χ2v) is 7.25. The molecule has 1 heterocycles. The van der Waals surface area contributed by atoms with Gasteiger partial charge in [-0.15, -0.1) is 0 Å². The number of hydrogen-bond acceptors (Lipinski definition) is 5. The number of methoxy groups -OCH3 is 1. The van der Waals surface area contributed by atoms with Crippen molar-refractivity contribution < 1.29 is 13.2 Å². The third kappa shape index (κ3) is 4.86. The van der Waals surface area contributed by atoms with Gasteiger partial charge in [-0.05, 0) is 13.8 Å². The van der Waals surface area contributed by atoms with E-state index in [2.05, 4.69) is 20.2 Å². The van der Waals surface area contributed by atoms with Crippen molar-refractivity contribution in [1.82, 2.24) is 20.2 Å². The van der Waals surface area contributed by atoms with E-state index >= 15 is 0 Å². The summed E-state index contributed by atoms with van der Waals surface area (Å²) in [5, 5.41) is 9.62. The maximum atomic E-state index is 12.3. The molecule has 116 valence electrons. The minimum atomic E-state index is -3.63. The van der Waals surface area contributed by atoms with Crippen molar-refractivity contribution in [2.24, 2.45) is 0 Å². The fraction of sp³-hybridized carbons (Fsp3) is 0.750. The van der Waals surface area contributed by atoms with Gasteiger partial charge in [-0.2, -0.15) is 5.10 Å². The van der Waals surface area contributed by atoms with Gasteiger partial charge in [-0.25, -0.2) is 13.1 Å². The van der Waals surface area contributed by atoms with Crippen molar-refractivity contribution in [3.63, 3.8) is 0 Å². The molecule has 0 aliphatic rings. The van der Waals surface area contributed by atoms with E-state index in [0.29, 0.717) is 12.1 Å². The third-order valence-corrected chi connectivity index (χ3v) is 4.30. The van der Waals surface area contributed by atoms with Crippen LogP contribution in [0.2, 0.25) is 0 Å². The highest BCUT2D eigenvalue weighted by atomic mass is 32.2. The Morgan fingerprint density at radius 3 is 2.65 bits per heavy atom. The number of hydrogen-bond donors (Lipinski definition) is 3. The van der Waals surface area contributed by atoms with E-state index in [9.17, 15) is 8.42 Å². The van der Waals surface area contributed by atoms with Crippen molar-refractivity contribution in [2.45, 2.75) is 50.9 Å². The lowest BCUT2D eigenvalue weighted by molar-refractivity contribution is 0.0276. The highest BCUT2D eigenvalue weighted by Crippen LogP contribution is 2.13. The monoisotopic (exact) mass is 304 g/mol. The maximum absolute atomic E-state index is 12.3. The van der Waals surface area contributed by atoms with Gasteiger partial charge in [-0.1, -0.05) is 13.8 Å². The summed E-state index contributed by atoms with van der Waals surface area (Å²) in [6.07, 6.45) is 1.52. The first kappa shape index (κ1) is 17.1. The lowest BCUT2D eigenvalue weighted by Gasteiger charge is -2.22. The number of nitrogens with zero attached hydrogens (tertiary/aromatic N) is 1. The quantitative estimate of drug-likeness (QED) is 0.654. The number of nitrogens with one attached hydrogen (secondary N) is 3. The van der Waals surface area contributed by atoms with E-state index in [1.807, 2.05) is 27.7 Å². The number of sulfonamides is 1. The van der Waals surface area contributed by atoms with E-state index < -0.39 is 15.6 Å². The first-order valence-corrected chi connectivity index (χ1v) is 7.97. The molecule has 8 heteroatoms. The summed E-state index contributed by atoms with van der Waals surface area (Å²) >= 11 is 0. The normalized spacial score (nSPS) is 13.1. The van der Waals surface area contributed by atoms with Crippen molar-refractivity contribution in [2.75, 3.05) is 13.7 Å². The standard InChI is InChI=1S/C12H24N4O3S/c1-9(2)13-6-10-7-14-16-11(10)20(17,18)15-8-12(3,4)19-5/h7,9,13,15H,6,8H2,1-5H3,(H,14,16). The Balaban J connectivity index is 2.80. The number of aromatic amines is 1. The molecule has 0 bridgehead atoms. The van der Waals surface area contributed by atoms with Crippen LogP contribution in [0.3, 0.4) is 0 Å². The average Bonchev–Trinajstić information content (AvgIpc) is 2.83. The second kappa shape index (κ2) is 6.66. The van der Waals surface area contributed by atoms with Crippen LogP contribution < -0.4 is 10.0 Å². The Labute approximate surface area is 120 Å². The van der Waals surface area contributed by atoms with Gasteiger partial charge in [0.25, 0.3) is 10.0 Å². The summed E-state index contributed by atoms with van der Waals surface area (Å²) in [6.45, 7) is 8.23. The minimum Gasteiger partial charge on any atom is -0.377 e. The van der Waals surface area contributed by atoms with Gasteiger partial charge in [0.05, 0.1) is 11.8 Å². The van der Waals surface area contributed by atoms with Crippen LogP contribution >= 0.6 is 0 Å². The molecule has 1 aromatic rings. The molecule has 0 spiro atoms. The molecule has 0 amide bonds. The predicted octanol–water partition coefficient (Wildman–Crippen LogP) is 0.611. The summed E-state index contributed by atoms with van der Waals surface area (Å²) < 4.78 is 32.2. The van der Waals surface area contributed by atoms with Gasteiger partial charge < -0.3 is 10.1 Å². The molecule has 1 rings (SSSR count). The van der Waals surface area contributed by atoms with E-state index in [-0.39, 0.29) is 17.6 Å². The van der Waals surface area contributed by atoms with Crippen LogP contribution in [0.5, 0.6) is 0 Å². The van der Waals surface area contributed by atoms with Gasteiger partial charge in [0, 0.05) is 31.8 Å². The van der Waals surface area contributed by atoms with Gasteiger partial charge in [-0.3, -0.25) is 5.10 Å². The van der Waals surface area contributed by atoms with E-state index in [4.69, 9.17) is 4.74 Å². The molecular formula is C12H24N4O3S. The molecule has 0 aliphatic carbocycles. The van der Waals surface area contributed by atoms with Crippen LogP contribution in [0, 0.1) is 0 Å². The predicted molar refractivity (Wildman–Crippen MR) is 76.8 cm³/mol. The molecule has 0 saturated heterocycles. The zero-order chi connectivity index (χ0) is 15.4. The van der Waals surface area contributed by atoms with E-state index in [1.54, 1.807) is 7.11 Å². The molecule has 0 radical (unpaired) electrons. The molecule has 0 aliphatic heterocycles. The number of rotatable bonds is 8. The molecule has 7 nitrogen and oxygen atoms in total. The molecule has 20 heavy (non-hydrogen) atoms. The van der Waals surface area contributed by atoms with Crippen LogP contribution in [0.15, 0.2) is 11.2 Å². The Bertz CT molecular complexity index is 523. The van der Waals surface area contributed by atoms with Crippen LogP contribution in [0.25, 0.3) is 0 Å². The minimum absolute atomic E-state index is 0.0950. The van der Waals surface area contributed by atoms with Gasteiger partial charge >= 0.3 is 0 Å². The maximum Gasteiger partial charge on any atom is 0.257 e. The fourth-order valence-corrected chi connectivity index (χ4v) is 2.71. The number of ether oxygens (including phenoxy) is 1. The molecular weight excluding hydrogens is 280 g/mol. The topological polar surface area (TPSA) is 96.1 Å². The summed E-state index contributed by atoms with van der Waals surface area (Å²) in [6, 6.07) is 0.265. The fourth-order valence-electron chi connectivity index (χ4n) is 1.39. The number of aromatic nitrogens is 2. The van der Waals surface area contributed by atoms with Crippen molar-refractivity contribution in [3.05, 3.63) is 11.8 Å². The van der Waals surface area contributed by atoms with Crippen LogP contribution in [-0.2, 0) is 21.3 Å². The average molecular weight is 304 g/mol. The second-order valence-electron chi connectivity index (χ2n) is 5.55. The zero-order valence-electron chi connectivity index (χ0n) is 12.6. The first-order chi connectivity index (χ1) is 9.18. The zero-order valence-corrected chi connectivity index (χ0v) is 13.5. The number of H-pyrrole nitrogens is 1. The Kier molecular flexibility index (Phi) is 5.69.